The Bertz CT molecular complexity index is 589. The Morgan fingerprint density at radius 1 is 0.773 bits per heavy atom. The lowest BCUT2D eigenvalue weighted by Gasteiger charge is -2.23. The standard InChI is InChI=1S/C19H24N2O/c1-4-20(5-2)17-14-12-16(13-15-17)19(22)21(6-3)18-10-8-7-9-11-18/h7-15H,4-6H2,1-3H3. The zero-order valence-electron chi connectivity index (χ0n) is 13.6. The second-order valence-corrected chi connectivity index (χ2v) is 5.10. The van der Waals surface area contributed by atoms with Crippen molar-refractivity contribution in [1.82, 2.24) is 0 Å². The van der Waals surface area contributed by atoms with E-state index in [1.165, 1.54) is 0 Å². The van der Waals surface area contributed by atoms with Crippen molar-refractivity contribution in [3.63, 3.8) is 0 Å². The number of anilines is 2. The number of para-hydroxylation sites is 1. The quantitative estimate of drug-likeness (QED) is 0.797. The highest BCUT2D eigenvalue weighted by Crippen LogP contribution is 2.19. The highest BCUT2D eigenvalue weighted by Gasteiger charge is 2.16. The number of carbonyl (C=O) groups is 1. The summed E-state index contributed by atoms with van der Waals surface area (Å²) in [4.78, 5) is 16.8. The highest BCUT2D eigenvalue weighted by molar-refractivity contribution is 6.06. The molecule has 0 aliphatic heterocycles. The molecule has 0 heterocycles. The van der Waals surface area contributed by atoms with E-state index in [1.807, 2.05) is 61.5 Å². The van der Waals surface area contributed by atoms with Gasteiger partial charge in [0.05, 0.1) is 0 Å². The molecule has 0 unspecified atom stereocenters. The van der Waals surface area contributed by atoms with E-state index in [1.54, 1.807) is 4.90 Å². The van der Waals surface area contributed by atoms with Crippen LogP contribution in [0.2, 0.25) is 0 Å². The van der Waals surface area contributed by atoms with Crippen molar-refractivity contribution in [2.75, 3.05) is 29.4 Å². The molecule has 0 atom stereocenters. The van der Waals surface area contributed by atoms with Crippen molar-refractivity contribution in [2.45, 2.75) is 20.8 Å². The summed E-state index contributed by atoms with van der Waals surface area (Å²) in [5.41, 5.74) is 2.81. The van der Waals surface area contributed by atoms with Crippen LogP contribution in [0, 0.1) is 0 Å². The minimum atomic E-state index is 0.0415. The van der Waals surface area contributed by atoms with Crippen LogP contribution in [0.5, 0.6) is 0 Å². The van der Waals surface area contributed by atoms with Crippen LogP contribution in [0.25, 0.3) is 0 Å². The average molecular weight is 296 g/mol. The first-order chi connectivity index (χ1) is 10.7. The number of hydrogen-bond donors (Lipinski definition) is 0. The van der Waals surface area contributed by atoms with Gasteiger partial charge in [0.25, 0.3) is 5.91 Å². The maximum absolute atomic E-state index is 12.7. The van der Waals surface area contributed by atoms with Crippen LogP contribution >= 0.6 is 0 Å². The third-order valence-corrected chi connectivity index (χ3v) is 3.87. The molecule has 0 aliphatic carbocycles. The van der Waals surface area contributed by atoms with E-state index < -0.39 is 0 Å². The molecule has 2 aromatic rings. The smallest absolute Gasteiger partial charge is 0.258 e. The van der Waals surface area contributed by atoms with Crippen molar-refractivity contribution in [3.8, 4) is 0 Å². The minimum Gasteiger partial charge on any atom is -0.372 e. The summed E-state index contributed by atoms with van der Waals surface area (Å²) in [5, 5.41) is 0. The summed E-state index contributed by atoms with van der Waals surface area (Å²) < 4.78 is 0. The third kappa shape index (κ3) is 3.48. The van der Waals surface area contributed by atoms with Gasteiger partial charge in [0, 0.05) is 36.6 Å². The average Bonchev–Trinajstić information content (AvgIpc) is 2.58. The first-order valence-electron chi connectivity index (χ1n) is 7.93. The lowest BCUT2D eigenvalue weighted by molar-refractivity contribution is 0.0988. The molecule has 1 amide bonds. The van der Waals surface area contributed by atoms with Gasteiger partial charge in [0.1, 0.15) is 0 Å². The van der Waals surface area contributed by atoms with Gasteiger partial charge in [-0.1, -0.05) is 18.2 Å². The molecule has 0 radical (unpaired) electrons. The van der Waals surface area contributed by atoms with Gasteiger partial charge >= 0.3 is 0 Å². The number of amides is 1. The van der Waals surface area contributed by atoms with Gasteiger partial charge in [-0.25, -0.2) is 0 Å². The van der Waals surface area contributed by atoms with Crippen LogP contribution in [0.1, 0.15) is 31.1 Å². The molecular formula is C19H24N2O. The first-order valence-corrected chi connectivity index (χ1v) is 7.93. The van der Waals surface area contributed by atoms with Gasteiger partial charge in [-0.2, -0.15) is 0 Å². The fourth-order valence-corrected chi connectivity index (χ4v) is 2.61. The molecule has 116 valence electrons. The van der Waals surface area contributed by atoms with E-state index in [9.17, 15) is 4.79 Å². The SMILES string of the molecule is CCN(CC)c1ccc(C(=O)N(CC)c2ccccc2)cc1. The largest absolute Gasteiger partial charge is 0.372 e. The van der Waals surface area contributed by atoms with E-state index in [0.717, 1.165) is 30.0 Å². The van der Waals surface area contributed by atoms with Gasteiger partial charge in [0.15, 0.2) is 0 Å². The van der Waals surface area contributed by atoms with Crippen LogP contribution in [0.4, 0.5) is 11.4 Å². The molecule has 0 N–H and O–H groups in total. The van der Waals surface area contributed by atoms with E-state index >= 15 is 0 Å². The normalized spacial score (nSPS) is 10.3. The van der Waals surface area contributed by atoms with E-state index in [2.05, 4.69) is 18.7 Å². The Kier molecular flexibility index (Phi) is 5.59. The zero-order chi connectivity index (χ0) is 15.9. The molecule has 2 rings (SSSR count). The summed E-state index contributed by atoms with van der Waals surface area (Å²) in [6.07, 6.45) is 0. The predicted octanol–water partition coefficient (Wildman–Crippen LogP) is 4.20. The Hall–Kier alpha value is -2.29. The van der Waals surface area contributed by atoms with Crippen LogP contribution in [-0.2, 0) is 0 Å². The van der Waals surface area contributed by atoms with Gasteiger partial charge in [-0.3, -0.25) is 4.79 Å². The highest BCUT2D eigenvalue weighted by atomic mass is 16.2. The molecule has 2 aromatic carbocycles. The summed E-state index contributed by atoms with van der Waals surface area (Å²) >= 11 is 0. The molecule has 0 spiro atoms. The summed E-state index contributed by atoms with van der Waals surface area (Å²) in [7, 11) is 0. The zero-order valence-corrected chi connectivity index (χ0v) is 13.6. The van der Waals surface area contributed by atoms with Gasteiger partial charge in [-0.15, -0.1) is 0 Å². The van der Waals surface area contributed by atoms with Gasteiger partial charge in [0.2, 0.25) is 0 Å². The lowest BCUT2D eigenvalue weighted by Crippen LogP contribution is -2.30. The number of benzene rings is 2. The molecule has 22 heavy (non-hydrogen) atoms. The second kappa shape index (κ2) is 7.64. The van der Waals surface area contributed by atoms with E-state index in [0.29, 0.717) is 6.54 Å². The third-order valence-electron chi connectivity index (χ3n) is 3.87. The van der Waals surface area contributed by atoms with Crippen LogP contribution in [0.3, 0.4) is 0 Å². The Morgan fingerprint density at radius 3 is 1.86 bits per heavy atom. The fraction of sp³-hybridized carbons (Fsp3) is 0.316. The summed E-state index contributed by atoms with van der Waals surface area (Å²) in [6, 6.07) is 17.7. The van der Waals surface area contributed by atoms with Crippen LogP contribution in [-0.4, -0.2) is 25.5 Å². The van der Waals surface area contributed by atoms with E-state index in [-0.39, 0.29) is 5.91 Å². The van der Waals surface area contributed by atoms with Crippen LogP contribution in [0.15, 0.2) is 54.6 Å². The van der Waals surface area contributed by atoms with E-state index in [4.69, 9.17) is 0 Å². The van der Waals surface area contributed by atoms with Crippen molar-refractivity contribution in [3.05, 3.63) is 60.2 Å². The Labute approximate surface area is 133 Å². The molecule has 0 saturated heterocycles. The number of nitrogens with zero attached hydrogens (tertiary/aromatic N) is 2. The number of carbonyl (C=O) groups excluding carboxylic acids is 1. The fourth-order valence-electron chi connectivity index (χ4n) is 2.61. The summed E-state index contributed by atoms with van der Waals surface area (Å²) in [6.45, 7) is 8.85. The molecule has 0 aliphatic rings. The molecule has 0 saturated carbocycles. The molecule has 0 fully saturated rings. The molecular weight excluding hydrogens is 272 g/mol. The first kappa shape index (κ1) is 16.1. The molecule has 3 nitrogen and oxygen atoms in total. The maximum atomic E-state index is 12.7. The number of rotatable bonds is 6. The van der Waals surface area contributed by atoms with Crippen molar-refractivity contribution in [2.24, 2.45) is 0 Å². The minimum absolute atomic E-state index is 0.0415. The Morgan fingerprint density at radius 2 is 1.36 bits per heavy atom. The molecule has 0 aromatic heterocycles. The van der Waals surface area contributed by atoms with Crippen LogP contribution < -0.4 is 9.80 Å². The van der Waals surface area contributed by atoms with Gasteiger partial charge in [-0.05, 0) is 57.2 Å². The number of hydrogen-bond acceptors (Lipinski definition) is 2. The molecule has 3 heteroatoms. The monoisotopic (exact) mass is 296 g/mol. The van der Waals surface area contributed by atoms with Crippen molar-refractivity contribution >= 4 is 17.3 Å². The predicted molar refractivity (Wildman–Crippen MR) is 93.8 cm³/mol. The topological polar surface area (TPSA) is 23.6 Å². The maximum Gasteiger partial charge on any atom is 0.258 e. The lowest BCUT2D eigenvalue weighted by atomic mass is 10.1. The second-order valence-electron chi connectivity index (χ2n) is 5.10. The van der Waals surface area contributed by atoms with Crippen molar-refractivity contribution < 1.29 is 4.79 Å². The molecule has 0 bridgehead atoms. The van der Waals surface area contributed by atoms with Crippen molar-refractivity contribution in [1.29, 1.82) is 0 Å². The summed E-state index contributed by atoms with van der Waals surface area (Å²) in [5.74, 6) is 0.0415. The Balaban J connectivity index is 2.21. The van der Waals surface area contributed by atoms with Gasteiger partial charge < -0.3 is 9.80 Å².